The van der Waals surface area contributed by atoms with Gasteiger partial charge in [0.15, 0.2) is 0 Å². The van der Waals surface area contributed by atoms with Gasteiger partial charge in [-0.05, 0) is 64.4 Å². The van der Waals surface area contributed by atoms with E-state index in [0.29, 0.717) is 5.75 Å². The van der Waals surface area contributed by atoms with Crippen LogP contribution in [-0.4, -0.2) is 31.5 Å². The molecule has 0 radical (unpaired) electrons. The van der Waals surface area contributed by atoms with E-state index in [9.17, 15) is 4.79 Å². The number of aryl methyl sites for hydroxylation is 1. The fourth-order valence-electron chi connectivity index (χ4n) is 4.22. The lowest BCUT2D eigenvalue weighted by molar-refractivity contribution is -0.135. The number of hydrogen-bond donors (Lipinski definition) is 0. The lowest BCUT2D eigenvalue weighted by atomic mass is 9.74. The van der Waals surface area contributed by atoms with Crippen LogP contribution in [0.4, 0.5) is 0 Å². The number of carbonyl (C=O) groups excluding carboxylic acids is 1. The number of benzene rings is 1. The maximum atomic E-state index is 12.4. The zero-order chi connectivity index (χ0) is 20.3. The van der Waals surface area contributed by atoms with Crippen molar-refractivity contribution < 1.29 is 14.3 Å². The zero-order valence-corrected chi connectivity index (χ0v) is 17.7. The summed E-state index contributed by atoms with van der Waals surface area (Å²) in [6.45, 7) is 8.82. The highest BCUT2D eigenvalue weighted by molar-refractivity contribution is 5.75. The van der Waals surface area contributed by atoms with Gasteiger partial charge < -0.3 is 9.47 Å². The van der Waals surface area contributed by atoms with Crippen molar-refractivity contribution in [2.24, 2.45) is 5.92 Å². The van der Waals surface area contributed by atoms with E-state index in [-0.39, 0.29) is 24.3 Å². The van der Waals surface area contributed by atoms with Crippen LogP contribution >= 0.6 is 0 Å². The average Bonchev–Trinajstić information content (AvgIpc) is 2.60. The van der Waals surface area contributed by atoms with E-state index >= 15 is 0 Å². The topological polar surface area (TPSA) is 38.8 Å². The van der Waals surface area contributed by atoms with Crippen LogP contribution in [0.25, 0.3) is 0 Å². The van der Waals surface area contributed by atoms with Crippen molar-refractivity contribution in [3.05, 3.63) is 47.2 Å². The minimum absolute atomic E-state index is 0.164. The first-order chi connectivity index (χ1) is 13.4. The summed E-state index contributed by atoms with van der Waals surface area (Å²) in [6.07, 6.45) is 8.83. The van der Waals surface area contributed by atoms with Gasteiger partial charge in [0, 0.05) is 17.4 Å². The summed E-state index contributed by atoms with van der Waals surface area (Å²) in [7, 11) is 3.74. The predicted molar refractivity (Wildman–Crippen MR) is 113 cm³/mol. The Morgan fingerprint density at radius 1 is 1.32 bits per heavy atom. The molecule has 2 aliphatic rings. The smallest absolute Gasteiger partial charge is 0.325 e. The van der Waals surface area contributed by atoms with Crippen LogP contribution in [0.3, 0.4) is 0 Å². The van der Waals surface area contributed by atoms with E-state index < -0.39 is 0 Å². The molecule has 1 aliphatic carbocycles. The summed E-state index contributed by atoms with van der Waals surface area (Å²) in [4.78, 5) is 14.3. The SMILES string of the molecule is C=C1Oc2cc(CCCCC)cc(OC(=O)CN(C)C)c2[C@@H]2C=C(C)CC[C@@H]12. The first-order valence-electron chi connectivity index (χ1n) is 10.4. The minimum Gasteiger partial charge on any atom is -0.462 e. The second kappa shape index (κ2) is 8.95. The third-order valence-electron chi connectivity index (χ3n) is 5.64. The fraction of sp³-hybridized carbons (Fsp3) is 0.542. The highest BCUT2D eigenvalue weighted by Crippen LogP contribution is 2.51. The van der Waals surface area contributed by atoms with Crippen LogP contribution in [0.2, 0.25) is 0 Å². The van der Waals surface area contributed by atoms with Gasteiger partial charge in [-0.1, -0.05) is 38.0 Å². The Morgan fingerprint density at radius 2 is 2.11 bits per heavy atom. The van der Waals surface area contributed by atoms with Crippen LogP contribution < -0.4 is 9.47 Å². The van der Waals surface area contributed by atoms with Gasteiger partial charge in [0.25, 0.3) is 0 Å². The first-order valence-corrected chi connectivity index (χ1v) is 10.4. The van der Waals surface area contributed by atoms with E-state index in [1.165, 1.54) is 18.4 Å². The summed E-state index contributed by atoms with van der Waals surface area (Å²) in [6, 6.07) is 4.17. The Labute approximate surface area is 169 Å². The molecule has 0 saturated carbocycles. The van der Waals surface area contributed by atoms with Crippen LogP contribution in [0.5, 0.6) is 11.5 Å². The van der Waals surface area contributed by atoms with E-state index in [0.717, 1.165) is 48.3 Å². The molecule has 28 heavy (non-hydrogen) atoms. The molecule has 1 heterocycles. The van der Waals surface area contributed by atoms with Gasteiger partial charge in [-0.15, -0.1) is 0 Å². The summed E-state index contributed by atoms with van der Waals surface area (Å²) >= 11 is 0. The molecule has 2 atom stereocenters. The number of carbonyl (C=O) groups is 1. The second-order valence-electron chi connectivity index (χ2n) is 8.43. The first kappa shape index (κ1) is 20.7. The number of unbranched alkanes of at least 4 members (excludes halogenated alkanes) is 2. The Hall–Kier alpha value is -2.07. The van der Waals surface area contributed by atoms with Crippen molar-refractivity contribution in [2.45, 2.75) is 58.3 Å². The highest BCUT2D eigenvalue weighted by Gasteiger charge is 2.37. The molecule has 0 N–H and O–H groups in total. The van der Waals surface area contributed by atoms with Gasteiger partial charge in [-0.3, -0.25) is 9.69 Å². The number of ether oxygens (including phenoxy) is 2. The van der Waals surface area contributed by atoms with Crippen LogP contribution in [0.1, 0.15) is 63.0 Å². The van der Waals surface area contributed by atoms with Crippen LogP contribution in [0, 0.1) is 5.92 Å². The number of allylic oxidation sites excluding steroid dienone is 3. The van der Waals surface area contributed by atoms with Crippen molar-refractivity contribution in [3.63, 3.8) is 0 Å². The molecule has 0 aromatic heterocycles. The average molecular weight is 384 g/mol. The van der Waals surface area contributed by atoms with Gasteiger partial charge in [0.2, 0.25) is 0 Å². The minimum atomic E-state index is -0.240. The molecule has 3 rings (SSSR count). The lowest BCUT2D eigenvalue weighted by Crippen LogP contribution is -2.28. The maximum absolute atomic E-state index is 12.4. The number of fused-ring (bicyclic) bond motifs is 3. The Kier molecular flexibility index (Phi) is 6.61. The number of hydrogen-bond acceptors (Lipinski definition) is 4. The highest BCUT2D eigenvalue weighted by atomic mass is 16.5. The molecule has 1 aromatic rings. The zero-order valence-electron chi connectivity index (χ0n) is 17.7. The molecule has 0 amide bonds. The van der Waals surface area contributed by atoms with E-state index in [2.05, 4.69) is 32.6 Å². The molecule has 152 valence electrons. The monoisotopic (exact) mass is 383 g/mol. The lowest BCUT2D eigenvalue weighted by Gasteiger charge is -2.37. The number of likely N-dealkylation sites (N-methyl/N-ethyl adjacent to an activating group) is 1. The number of esters is 1. The summed E-state index contributed by atoms with van der Waals surface area (Å²) in [5.41, 5.74) is 3.53. The number of rotatable bonds is 7. The quantitative estimate of drug-likeness (QED) is 0.280. The predicted octanol–water partition coefficient (Wildman–Crippen LogP) is 5.23. The molecular weight excluding hydrogens is 350 g/mol. The molecule has 4 heteroatoms. The van der Waals surface area contributed by atoms with Crippen molar-refractivity contribution in [1.82, 2.24) is 4.90 Å². The molecule has 0 saturated heterocycles. The normalized spacial score (nSPS) is 20.9. The summed E-state index contributed by atoms with van der Waals surface area (Å²) < 4.78 is 12.0. The summed E-state index contributed by atoms with van der Waals surface area (Å²) in [5.74, 6) is 2.46. The van der Waals surface area contributed by atoms with Crippen LogP contribution in [-0.2, 0) is 11.2 Å². The summed E-state index contributed by atoms with van der Waals surface area (Å²) in [5, 5.41) is 0. The second-order valence-corrected chi connectivity index (χ2v) is 8.43. The van der Waals surface area contributed by atoms with Gasteiger partial charge in [-0.25, -0.2) is 0 Å². The van der Waals surface area contributed by atoms with E-state index in [1.807, 2.05) is 25.1 Å². The van der Waals surface area contributed by atoms with Crippen molar-refractivity contribution >= 4 is 5.97 Å². The largest absolute Gasteiger partial charge is 0.462 e. The van der Waals surface area contributed by atoms with Crippen molar-refractivity contribution in [3.8, 4) is 11.5 Å². The molecule has 0 fully saturated rings. The molecule has 1 aliphatic heterocycles. The van der Waals surface area contributed by atoms with Gasteiger partial charge in [0.1, 0.15) is 17.3 Å². The molecule has 0 bridgehead atoms. The van der Waals surface area contributed by atoms with Crippen molar-refractivity contribution in [1.29, 1.82) is 0 Å². The standard InChI is InChI=1S/C24H33NO3/c1-6-7-8-9-18-13-21-24(22(14-18)28-23(26)15-25(4)5)20-12-16(2)10-11-19(20)17(3)27-21/h12-14,19-20H,3,6-11,15H2,1-2,4-5H3/t19-,20+/m0/s1. The fourth-order valence-corrected chi connectivity index (χ4v) is 4.22. The van der Waals surface area contributed by atoms with E-state index in [4.69, 9.17) is 9.47 Å². The molecule has 1 aromatic carbocycles. The molecular formula is C24H33NO3. The maximum Gasteiger partial charge on any atom is 0.325 e. The Bertz CT molecular complexity index is 778. The third kappa shape index (κ3) is 4.67. The Morgan fingerprint density at radius 3 is 2.82 bits per heavy atom. The van der Waals surface area contributed by atoms with Gasteiger partial charge in [-0.2, -0.15) is 0 Å². The number of nitrogens with zero attached hydrogens (tertiary/aromatic N) is 1. The third-order valence-corrected chi connectivity index (χ3v) is 5.64. The molecule has 4 nitrogen and oxygen atoms in total. The van der Waals surface area contributed by atoms with Gasteiger partial charge in [0.05, 0.1) is 6.54 Å². The Balaban J connectivity index is 2.01. The van der Waals surface area contributed by atoms with Gasteiger partial charge >= 0.3 is 5.97 Å². The molecule has 0 unspecified atom stereocenters. The van der Waals surface area contributed by atoms with Crippen molar-refractivity contribution in [2.75, 3.05) is 20.6 Å². The van der Waals surface area contributed by atoms with E-state index in [1.54, 1.807) is 0 Å². The van der Waals surface area contributed by atoms with Crippen LogP contribution in [0.15, 0.2) is 36.1 Å². The molecule has 0 spiro atoms.